The molecule has 1 aliphatic heterocycles. The van der Waals surface area contributed by atoms with Crippen LogP contribution in [0, 0.1) is 0 Å². The fraction of sp³-hybridized carbons (Fsp3) is 0.263. The zero-order valence-electron chi connectivity index (χ0n) is 18.0. The zero-order chi connectivity index (χ0) is 21.6. The van der Waals surface area contributed by atoms with Gasteiger partial charge in [0.25, 0.3) is 0 Å². The smallest absolute Gasteiger partial charge is 0.184 e. The molecule has 0 saturated carbocycles. The number of pyridine rings is 3. The Morgan fingerprint density at radius 2 is 2.07 bits per heavy atom. The van der Waals surface area contributed by atoms with Gasteiger partial charge in [0.1, 0.15) is 11.6 Å². The highest BCUT2D eigenvalue weighted by Gasteiger charge is 2.16. The van der Waals surface area contributed by atoms with Gasteiger partial charge in [0, 0.05) is 52.9 Å². The van der Waals surface area contributed by atoms with E-state index < -0.39 is 6.98 Å². The number of nitrogen functional groups attached to an aromatic ring is 1. The number of anilines is 3. The van der Waals surface area contributed by atoms with Gasteiger partial charge in [-0.1, -0.05) is 0 Å². The van der Waals surface area contributed by atoms with Gasteiger partial charge in [0.2, 0.25) is 0 Å². The maximum Gasteiger partial charge on any atom is 0.184 e. The van der Waals surface area contributed by atoms with E-state index in [4.69, 9.17) is 14.6 Å². The monoisotopic (exact) mass is 379 g/mol. The van der Waals surface area contributed by atoms with E-state index in [1.807, 2.05) is 18.3 Å². The van der Waals surface area contributed by atoms with Crippen LogP contribution in [-0.4, -0.2) is 57.8 Å². The van der Waals surface area contributed by atoms with Gasteiger partial charge in [-0.05, 0) is 18.2 Å². The summed E-state index contributed by atoms with van der Waals surface area (Å²) in [7, 11) is 0. The van der Waals surface area contributed by atoms with Crippen molar-refractivity contribution < 1.29 is 8.85 Å². The van der Waals surface area contributed by atoms with Crippen LogP contribution in [0.1, 0.15) is 4.11 Å². The predicted octanol–water partition coefficient (Wildman–Crippen LogP) is 1.80. The number of hydrogen-bond acceptors (Lipinski definition) is 8. The Morgan fingerprint density at radius 1 is 1.18 bits per heavy atom. The van der Waals surface area contributed by atoms with Gasteiger partial charge in [-0.25, -0.2) is 19.5 Å². The number of fused-ring (bicyclic) bond motifs is 2. The third kappa shape index (κ3) is 2.76. The first-order chi connectivity index (χ1) is 14.9. The maximum atomic E-state index is 7.48. The Balaban J connectivity index is 1.60. The Labute approximate surface area is 165 Å². The molecule has 5 rings (SSSR count). The Kier molecular flexibility index (Phi) is 3.23. The normalized spacial score (nSPS) is 16.7. The molecule has 142 valence electrons. The molecule has 9 nitrogen and oxygen atoms in total. The summed E-state index contributed by atoms with van der Waals surface area (Å²) in [5.74, 6) is 0.963. The number of morpholine rings is 1. The van der Waals surface area contributed by atoms with Crippen molar-refractivity contribution in [3.05, 3.63) is 36.8 Å². The van der Waals surface area contributed by atoms with Gasteiger partial charge in [-0.2, -0.15) is 0 Å². The van der Waals surface area contributed by atoms with Gasteiger partial charge >= 0.3 is 0 Å². The van der Waals surface area contributed by atoms with Crippen molar-refractivity contribution in [1.82, 2.24) is 24.6 Å². The summed E-state index contributed by atoms with van der Waals surface area (Å²) in [5, 5.41) is 8.27. The van der Waals surface area contributed by atoms with Gasteiger partial charge < -0.3 is 20.7 Å². The average Bonchev–Trinajstić information content (AvgIpc) is 3.16. The molecule has 0 amide bonds. The standard InChI is InChI=1S/C19H20N8O/c1-21-18-14-9-22-16(20)8-13(14)15(10-23-18)19-24-17-3-2-12(11-27(17)25-19)26-4-6-28-7-5-26/h2-3,8-11H,4-7H2,1H3,(H2,20,22)(H,21,23)/i1D3. The van der Waals surface area contributed by atoms with Crippen molar-refractivity contribution in [3.8, 4) is 11.4 Å². The average molecular weight is 379 g/mol. The van der Waals surface area contributed by atoms with Crippen molar-refractivity contribution in [2.24, 2.45) is 0 Å². The lowest BCUT2D eigenvalue weighted by molar-refractivity contribution is 0.122. The quantitative estimate of drug-likeness (QED) is 0.555. The van der Waals surface area contributed by atoms with Crippen LogP contribution in [0.4, 0.5) is 17.3 Å². The van der Waals surface area contributed by atoms with Crippen molar-refractivity contribution in [3.63, 3.8) is 0 Å². The molecule has 9 heteroatoms. The van der Waals surface area contributed by atoms with Crippen LogP contribution in [0.2, 0.25) is 0 Å². The van der Waals surface area contributed by atoms with Crippen LogP contribution in [0.3, 0.4) is 0 Å². The Morgan fingerprint density at radius 3 is 2.93 bits per heavy atom. The molecule has 4 aromatic rings. The van der Waals surface area contributed by atoms with Crippen LogP contribution in [0.25, 0.3) is 27.8 Å². The van der Waals surface area contributed by atoms with E-state index in [2.05, 4.69) is 30.3 Å². The molecular formula is C19H20N8O. The van der Waals surface area contributed by atoms with Crippen molar-refractivity contribution >= 4 is 33.7 Å². The molecule has 0 spiro atoms. The molecule has 0 radical (unpaired) electrons. The highest BCUT2D eigenvalue weighted by atomic mass is 16.5. The number of hydrogen-bond donors (Lipinski definition) is 2. The molecule has 3 N–H and O–H groups in total. The molecule has 5 heterocycles. The second-order valence-electron chi connectivity index (χ2n) is 6.53. The highest BCUT2D eigenvalue weighted by molar-refractivity contribution is 6.01. The number of rotatable bonds is 3. The molecular weight excluding hydrogens is 356 g/mol. The predicted molar refractivity (Wildman–Crippen MR) is 109 cm³/mol. The van der Waals surface area contributed by atoms with E-state index in [1.165, 1.54) is 6.20 Å². The van der Waals surface area contributed by atoms with E-state index >= 15 is 0 Å². The number of aromatic nitrogens is 5. The molecule has 0 bridgehead atoms. The van der Waals surface area contributed by atoms with Crippen molar-refractivity contribution in [2.45, 2.75) is 0 Å². The first kappa shape index (κ1) is 13.7. The molecule has 1 saturated heterocycles. The third-order valence-corrected chi connectivity index (χ3v) is 4.84. The second kappa shape index (κ2) is 6.61. The number of nitrogens with one attached hydrogen (secondary N) is 1. The van der Waals surface area contributed by atoms with Crippen LogP contribution in [-0.2, 0) is 4.74 Å². The summed E-state index contributed by atoms with van der Waals surface area (Å²) >= 11 is 0. The zero-order valence-corrected chi connectivity index (χ0v) is 15.0. The van der Waals surface area contributed by atoms with Crippen LogP contribution in [0.5, 0.6) is 0 Å². The molecule has 1 fully saturated rings. The fourth-order valence-corrected chi connectivity index (χ4v) is 3.42. The number of nitrogens with zero attached hydrogens (tertiary/aromatic N) is 6. The first-order valence-electron chi connectivity index (χ1n) is 10.4. The molecule has 28 heavy (non-hydrogen) atoms. The summed E-state index contributed by atoms with van der Waals surface area (Å²) in [6.07, 6.45) is 4.99. The lowest BCUT2D eigenvalue weighted by Gasteiger charge is -2.28. The van der Waals surface area contributed by atoms with Crippen LogP contribution in [0.15, 0.2) is 36.8 Å². The van der Waals surface area contributed by atoms with E-state index in [1.54, 1.807) is 16.8 Å². The minimum Gasteiger partial charge on any atom is -0.384 e. The summed E-state index contributed by atoms with van der Waals surface area (Å²) in [6.45, 7) is 0.659. The largest absolute Gasteiger partial charge is 0.384 e. The molecule has 0 aromatic carbocycles. The summed E-state index contributed by atoms with van der Waals surface area (Å²) < 4.78 is 29.6. The molecule has 0 atom stereocenters. The van der Waals surface area contributed by atoms with Gasteiger partial charge in [0.15, 0.2) is 11.5 Å². The van der Waals surface area contributed by atoms with Gasteiger partial charge in [-0.3, -0.25) is 0 Å². The van der Waals surface area contributed by atoms with Crippen molar-refractivity contribution in [1.29, 1.82) is 0 Å². The second-order valence-corrected chi connectivity index (χ2v) is 6.53. The third-order valence-electron chi connectivity index (χ3n) is 4.84. The Bertz CT molecular complexity index is 1270. The maximum absolute atomic E-state index is 7.48. The minimum absolute atomic E-state index is 0.199. The summed E-state index contributed by atoms with van der Waals surface area (Å²) in [5.41, 5.74) is 8.27. The molecule has 4 aromatic heterocycles. The highest BCUT2D eigenvalue weighted by Crippen LogP contribution is 2.31. The van der Waals surface area contributed by atoms with E-state index in [9.17, 15) is 0 Å². The van der Waals surface area contributed by atoms with E-state index in [-0.39, 0.29) is 5.82 Å². The molecule has 0 aliphatic carbocycles. The van der Waals surface area contributed by atoms with Crippen LogP contribution >= 0.6 is 0 Å². The molecule has 1 aliphatic rings. The van der Waals surface area contributed by atoms with Crippen molar-refractivity contribution in [2.75, 3.05) is 49.2 Å². The van der Waals surface area contributed by atoms with E-state index in [0.717, 1.165) is 18.8 Å². The lowest BCUT2D eigenvalue weighted by Crippen LogP contribution is -2.36. The number of nitrogens with two attached hydrogens (primary N) is 1. The fourth-order valence-electron chi connectivity index (χ4n) is 3.42. The first-order valence-corrected chi connectivity index (χ1v) is 8.89. The van der Waals surface area contributed by atoms with E-state index in [0.29, 0.717) is 46.8 Å². The minimum atomic E-state index is -2.39. The van der Waals surface area contributed by atoms with Gasteiger partial charge in [-0.15, -0.1) is 5.10 Å². The number of ether oxygens (including phenoxy) is 1. The topological polar surface area (TPSA) is 106 Å². The Hall–Kier alpha value is -3.46. The van der Waals surface area contributed by atoms with Gasteiger partial charge in [0.05, 0.1) is 25.1 Å². The summed E-state index contributed by atoms with van der Waals surface area (Å²) in [6, 6.07) is 5.60. The summed E-state index contributed by atoms with van der Waals surface area (Å²) in [4.78, 5) is 15.3. The molecule has 0 unspecified atom stereocenters. The SMILES string of the molecule is [2H]C([2H])([2H])Nc1ncc(-c2nc3ccc(N4CCOCC4)cn3n2)c2cc(N)ncc12. The lowest BCUT2D eigenvalue weighted by atomic mass is 10.1. The van der Waals surface area contributed by atoms with Crippen LogP contribution < -0.4 is 16.0 Å².